The van der Waals surface area contributed by atoms with E-state index in [1.165, 1.54) is 14.0 Å². The summed E-state index contributed by atoms with van der Waals surface area (Å²) in [7, 11) is 1.46. The summed E-state index contributed by atoms with van der Waals surface area (Å²) in [5.74, 6) is -1.05. The molecule has 110 valence electrons. The summed E-state index contributed by atoms with van der Waals surface area (Å²) >= 11 is 0. The summed E-state index contributed by atoms with van der Waals surface area (Å²) < 4.78 is 22.0. The second-order valence-corrected chi connectivity index (χ2v) is 5.29. The van der Waals surface area contributed by atoms with Crippen molar-refractivity contribution < 1.29 is 28.8 Å². The molecule has 2 fully saturated rings. The van der Waals surface area contributed by atoms with E-state index in [1.54, 1.807) is 13.8 Å². The third kappa shape index (κ3) is 3.06. The highest BCUT2D eigenvalue weighted by Gasteiger charge is 2.51. The molecule has 0 aromatic rings. The maximum atomic E-state index is 11.2. The maximum Gasteiger partial charge on any atom is 0.217 e. The molecular weight excluding hydrogens is 254 g/mol. The first kappa shape index (κ1) is 14.7. The van der Waals surface area contributed by atoms with Crippen molar-refractivity contribution in [3.8, 4) is 0 Å². The van der Waals surface area contributed by atoms with Gasteiger partial charge >= 0.3 is 0 Å². The predicted molar refractivity (Wildman–Crippen MR) is 64.2 cm³/mol. The standard InChI is InChI=1S/C12H21NO6/c1-6(14)13-8-9(15)10-7(18-11(8)16-4)5-17-12(2,3)19-10/h7-11,15H,5H2,1-4H3,(H,13,14). The Bertz CT molecular complexity index is 347. The van der Waals surface area contributed by atoms with Crippen molar-refractivity contribution in [1.82, 2.24) is 5.32 Å². The molecule has 0 saturated carbocycles. The Morgan fingerprint density at radius 3 is 2.74 bits per heavy atom. The first-order chi connectivity index (χ1) is 8.84. The number of fused-ring (bicyclic) bond motifs is 1. The normalized spacial score (nSPS) is 41.4. The van der Waals surface area contributed by atoms with E-state index in [-0.39, 0.29) is 5.91 Å². The lowest BCUT2D eigenvalue weighted by molar-refractivity contribution is -0.366. The van der Waals surface area contributed by atoms with Gasteiger partial charge in [0.2, 0.25) is 5.91 Å². The number of amides is 1. The number of ether oxygens (including phenoxy) is 4. The van der Waals surface area contributed by atoms with E-state index in [1.807, 2.05) is 0 Å². The number of aliphatic hydroxyl groups excluding tert-OH is 1. The zero-order valence-corrected chi connectivity index (χ0v) is 11.6. The molecule has 2 rings (SSSR count). The summed E-state index contributed by atoms with van der Waals surface area (Å²) in [6, 6.07) is -0.669. The molecule has 2 aliphatic rings. The van der Waals surface area contributed by atoms with Gasteiger partial charge in [0.1, 0.15) is 24.4 Å². The molecule has 0 aliphatic carbocycles. The zero-order valence-electron chi connectivity index (χ0n) is 11.6. The van der Waals surface area contributed by atoms with Crippen LogP contribution < -0.4 is 5.32 Å². The van der Waals surface area contributed by atoms with Gasteiger partial charge in [-0.2, -0.15) is 0 Å². The van der Waals surface area contributed by atoms with Crippen molar-refractivity contribution in [2.45, 2.75) is 57.2 Å². The number of nitrogens with one attached hydrogen (secondary N) is 1. The van der Waals surface area contributed by atoms with Crippen LogP contribution in [0.15, 0.2) is 0 Å². The van der Waals surface area contributed by atoms with Crippen molar-refractivity contribution in [3.63, 3.8) is 0 Å². The van der Waals surface area contributed by atoms with Gasteiger partial charge in [-0.3, -0.25) is 4.79 Å². The van der Waals surface area contributed by atoms with Gasteiger partial charge in [-0.25, -0.2) is 0 Å². The first-order valence-corrected chi connectivity index (χ1v) is 6.29. The Labute approximate surface area is 112 Å². The third-order valence-corrected chi connectivity index (χ3v) is 3.29. The molecule has 0 radical (unpaired) electrons. The van der Waals surface area contributed by atoms with Gasteiger partial charge < -0.3 is 29.4 Å². The van der Waals surface area contributed by atoms with Crippen LogP contribution in [-0.2, 0) is 23.7 Å². The van der Waals surface area contributed by atoms with Crippen LogP contribution in [0.2, 0.25) is 0 Å². The fourth-order valence-electron chi connectivity index (χ4n) is 2.43. The number of aliphatic hydroxyl groups is 1. The Morgan fingerprint density at radius 1 is 1.47 bits per heavy atom. The van der Waals surface area contributed by atoms with Gasteiger partial charge in [0.25, 0.3) is 0 Å². The lowest BCUT2D eigenvalue weighted by atomic mass is 9.95. The summed E-state index contributed by atoms with van der Waals surface area (Å²) in [5, 5.41) is 13.0. The minimum absolute atomic E-state index is 0.264. The number of rotatable bonds is 2. The molecule has 5 unspecified atom stereocenters. The molecule has 0 spiro atoms. The van der Waals surface area contributed by atoms with Crippen LogP contribution in [0.25, 0.3) is 0 Å². The molecule has 0 aromatic carbocycles. The van der Waals surface area contributed by atoms with E-state index in [0.717, 1.165) is 0 Å². The number of methoxy groups -OCH3 is 1. The van der Waals surface area contributed by atoms with Crippen LogP contribution in [0.1, 0.15) is 20.8 Å². The lowest BCUT2D eigenvalue weighted by Crippen LogP contribution is -2.68. The molecule has 0 aromatic heterocycles. The highest BCUT2D eigenvalue weighted by atomic mass is 16.8. The van der Waals surface area contributed by atoms with Crippen molar-refractivity contribution in [2.75, 3.05) is 13.7 Å². The predicted octanol–water partition coefficient (Wildman–Crippen LogP) is -0.625. The third-order valence-electron chi connectivity index (χ3n) is 3.29. The topological polar surface area (TPSA) is 86.2 Å². The molecular formula is C12H21NO6. The van der Waals surface area contributed by atoms with E-state index < -0.39 is 36.4 Å². The lowest BCUT2D eigenvalue weighted by Gasteiger charge is -2.49. The minimum atomic E-state index is -0.921. The van der Waals surface area contributed by atoms with Crippen LogP contribution in [0.3, 0.4) is 0 Å². The second kappa shape index (κ2) is 5.34. The summed E-state index contributed by atoms with van der Waals surface area (Å²) in [4.78, 5) is 11.2. The molecule has 2 N–H and O–H groups in total. The van der Waals surface area contributed by atoms with Crippen molar-refractivity contribution in [3.05, 3.63) is 0 Å². The molecule has 2 saturated heterocycles. The van der Waals surface area contributed by atoms with E-state index in [0.29, 0.717) is 6.61 Å². The summed E-state index contributed by atoms with van der Waals surface area (Å²) in [5.41, 5.74) is 0. The van der Waals surface area contributed by atoms with E-state index in [9.17, 15) is 9.90 Å². The number of carbonyl (C=O) groups is 1. The van der Waals surface area contributed by atoms with Crippen LogP contribution in [0, 0.1) is 0 Å². The first-order valence-electron chi connectivity index (χ1n) is 6.29. The molecule has 7 heteroatoms. The largest absolute Gasteiger partial charge is 0.388 e. The van der Waals surface area contributed by atoms with Gasteiger partial charge in [-0.05, 0) is 13.8 Å². The van der Waals surface area contributed by atoms with Gasteiger partial charge in [0.05, 0.1) is 6.61 Å². The smallest absolute Gasteiger partial charge is 0.217 e. The number of hydrogen-bond acceptors (Lipinski definition) is 6. The van der Waals surface area contributed by atoms with Crippen molar-refractivity contribution >= 4 is 5.91 Å². The molecule has 2 heterocycles. The highest BCUT2D eigenvalue weighted by Crippen LogP contribution is 2.32. The van der Waals surface area contributed by atoms with E-state index in [2.05, 4.69) is 5.32 Å². The van der Waals surface area contributed by atoms with Gasteiger partial charge in [-0.15, -0.1) is 0 Å². The molecule has 5 atom stereocenters. The quantitative estimate of drug-likeness (QED) is 0.698. The zero-order chi connectivity index (χ0) is 14.2. The second-order valence-electron chi connectivity index (χ2n) is 5.29. The van der Waals surface area contributed by atoms with Crippen LogP contribution in [0.4, 0.5) is 0 Å². The molecule has 19 heavy (non-hydrogen) atoms. The Hall–Kier alpha value is -0.730. The van der Waals surface area contributed by atoms with Crippen molar-refractivity contribution in [2.24, 2.45) is 0 Å². The highest BCUT2D eigenvalue weighted by molar-refractivity contribution is 5.73. The van der Waals surface area contributed by atoms with Crippen LogP contribution >= 0.6 is 0 Å². The van der Waals surface area contributed by atoms with E-state index in [4.69, 9.17) is 18.9 Å². The monoisotopic (exact) mass is 275 g/mol. The average Bonchev–Trinajstić information content (AvgIpc) is 2.32. The SMILES string of the molecule is COC1OC2COC(C)(C)OC2C(O)C1NC(C)=O. The van der Waals surface area contributed by atoms with Crippen molar-refractivity contribution in [1.29, 1.82) is 0 Å². The molecule has 7 nitrogen and oxygen atoms in total. The number of carbonyl (C=O) groups excluding carboxylic acids is 1. The van der Waals surface area contributed by atoms with Gasteiger partial charge in [0, 0.05) is 14.0 Å². The fraction of sp³-hybridized carbons (Fsp3) is 0.917. The van der Waals surface area contributed by atoms with Crippen LogP contribution in [-0.4, -0.2) is 61.2 Å². The fourth-order valence-corrected chi connectivity index (χ4v) is 2.43. The maximum absolute atomic E-state index is 11.2. The van der Waals surface area contributed by atoms with Gasteiger partial charge in [0.15, 0.2) is 12.1 Å². The van der Waals surface area contributed by atoms with Crippen LogP contribution in [0.5, 0.6) is 0 Å². The van der Waals surface area contributed by atoms with E-state index >= 15 is 0 Å². The number of hydrogen-bond donors (Lipinski definition) is 2. The summed E-state index contributed by atoms with van der Waals surface area (Å²) in [6.45, 7) is 5.22. The Balaban J connectivity index is 2.15. The summed E-state index contributed by atoms with van der Waals surface area (Å²) in [6.07, 6.45) is -2.63. The molecule has 1 amide bonds. The average molecular weight is 275 g/mol. The van der Waals surface area contributed by atoms with Gasteiger partial charge in [-0.1, -0.05) is 0 Å². The molecule has 0 bridgehead atoms. The molecule has 2 aliphatic heterocycles. The Kier molecular flexibility index (Phi) is 4.12. The minimum Gasteiger partial charge on any atom is -0.388 e. The Morgan fingerprint density at radius 2 is 2.16 bits per heavy atom.